The van der Waals surface area contributed by atoms with Crippen molar-refractivity contribution >= 4 is 55.2 Å². The predicted molar refractivity (Wildman–Crippen MR) is 131 cm³/mol. The fraction of sp³-hybridized carbons (Fsp3) is 0.0800. The molecule has 3 aromatic carbocycles. The monoisotopic (exact) mass is 476 g/mol. The second kappa shape index (κ2) is 8.69. The molecule has 1 N–H and O–H groups in total. The Labute approximate surface area is 197 Å². The third-order valence-electron chi connectivity index (χ3n) is 5.01. The van der Waals surface area contributed by atoms with Crippen molar-refractivity contribution < 1.29 is 13.9 Å². The number of hydrogen-bond acceptors (Lipinski definition) is 6. The molecule has 164 valence electrons. The molecular weight excluding hydrogens is 460 g/mol. The number of carbonyl (C=O) groups excluding carboxylic acids is 1. The van der Waals surface area contributed by atoms with Gasteiger partial charge in [0.25, 0.3) is 5.91 Å². The van der Waals surface area contributed by atoms with Crippen molar-refractivity contribution in [1.82, 2.24) is 4.98 Å². The van der Waals surface area contributed by atoms with Crippen LogP contribution >= 0.6 is 22.9 Å². The molecule has 0 unspecified atom stereocenters. The average molecular weight is 477 g/mol. The van der Waals surface area contributed by atoms with E-state index in [0.717, 1.165) is 15.8 Å². The van der Waals surface area contributed by atoms with Gasteiger partial charge in [0.05, 0.1) is 15.6 Å². The number of nitrogens with zero attached hydrogens (tertiary/aromatic N) is 1. The van der Waals surface area contributed by atoms with E-state index in [4.69, 9.17) is 20.8 Å². The van der Waals surface area contributed by atoms with Crippen LogP contribution in [0.25, 0.3) is 32.5 Å². The highest BCUT2D eigenvalue weighted by Crippen LogP contribution is 2.31. The number of amides is 1. The smallest absolute Gasteiger partial charge is 0.264 e. The number of fused-ring (bicyclic) bond motifs is 2. The molecule has 1 amide bonds. The summed E-state index contributed by atoms with van der Waals surface area (Å²) >= 11 is 7.32. The Hall–Kier alpha value is -3.68. The summed E-state index contributed by atoms with van der Waals surface area (Å²) in [5.74, 6) is -0.174. The number of aryl methyl sites for hydroxylation is 1. The topological polar surface area (TPSA) is 81.4 Å². The van der Waals surface area contributed by atoms with E-state index < -0.39 is 5.91 Å². The Balaban J connectivity index is 1.44. The van der Waals surface area contributed by atoms with Crippen LogP contribution in [-0.2, 0) is 4.79 Å². The first-order chi connectivity index (χ1) is 16.0. The summed E-state index contributed by atoms with van der Waals surface area (Å²) in [6.45, 7) is 1.59. The maximum absolute atomic E-state index is 13.2. The summed E-state index contributed by atoms with van der Waals surface area (Å²) < 4.78 is 12.6. The molecule has 0 radical (unpaired) electrons. The average Bonchev–Trinajstić information content (AvgIpc) is 3.20. The van der Waals surface area contributed by atoms with Crippen LogP contribution in [0.5, 0.6) is 5.75 Å². The molecule has 8 heteroatoms. The zero-order chi connectivity index (χ0) is 22.9. The minimum atomic E-state index is -0.442. The van der Waals surface area contributed by atoms with Crippen molar-refractivity contribution in [2.24, 2.45) is 0 Å². The number of carbonyl (C=O) groups is 1. The van der Waals surface area contributed by atoms with Crippen molar-refractivity contribution in [1.29, 1.82) is 0 Å². The third-order valence-corrected chi connectivity index (χ3v) is 6.18. The van der Waals surface area contributed by atoms with E-state index in [9.17, 15) is 9.59 Å². The van der Waals surface area contributed by atoms with E-state index in [2.05, 4.69) is 10.3 Å². The Bertz CT molecular complexity index is 1560. The number of ether oxygens (including phenoxy) is 1. The van der Waals surface area contributed by atoms with Crippen molar-refractivity contribution in [2.75, 3.05) is 11.9 Å². The van der Waals surface area contributed by atoms with Gasteiger partial charge >= 0.3 is 0 Å². The first-order valence-corrected chi connectivity index (χ1v) is 11.3. The number of aromatic nitrogens is 1. The first-order valence-electron chi connectivity index (χ1n) is 10.1. The fourth-order valence-corrected chi connectivity index (χ4v) is 4.55. The van der Waals surface area contributed by atoms with Crippen LogP contribution in [0.15, 0.2) is 75.9 Å². The van der Waals surface area contributed by atoms with Crippen LogP contribution in [0.2, 0.25) is 5.02 Å². The van der Waals surface area contributed by atoms with E-state index in [1.54, 1.807) is 42.5 Å². The standard InChI is InChI=1S/C25H17ClN2O4S/c1-14-6-8-15(9-7-14)23-24(22(30)17-4-2-3-5-19(17)32-23)31-13-21(29)28-25-27-18-11-10-16(26)12-20(18)33-25/h2-12H,13H2,1H3,(H,27,28,29). The molecule has 0 aliphatic heterocycles. The van der Waals surface area contributed by atoms with Crippen LogP contribution in [0.1, 0.15) is 5.56 Å². The highest BCUT2D eigenvalue weighted by molar-refractivity contribution is 7.22. The molecular formula is C25H17ClN2O4S. The summed E-state index contributed by atoms with van der Waals surface area (Å²) in [7, 11) is 0. The lowest BCUT2D eigenvalue weighted by Gasteiger charge is -2.11. The summed E-state index contributed by atoms with van der Waals surface area (Å²) in [6.07, 6.45) is 0. The molecule has 2 heterocycles. The van der Waals surface area contributed by atoms with E-state index in [1.807, 2.05) is 31.2 Å². The van der Waals surface area contributed by atoms with Crippen LogP contribution in [-0.4, -0.2) is 17.5 Å². The lowest BCUT2D eigenvalue weighted by Crippen LogP contribution is -2.22. The molecule has 0 bridgehead atoms. The van der Waals surface area contributed by atoms with Gasteiger partial charge in [-0.2, -0.15) is 0 Å². The second-order valence-corrected chi connectivity index (χ2v) is 8.89. The van der Waals surface area contributed by atoms with Gasteiger partial charge in [-0.1, -0.05) is 64.9 Å². The number of hydrogen-bond donors (Lipinski definition) is 1. The number of halogens is 1. The SMILES string of the molecule is Cc1ccc(-c2oc3ccccc3c(=O)c2OCC(=O)Nc2nc3ccc(Cl)cc3s2)cc1. The van der Waals surface area contributed by atoms with Crippen LogP contribution in [0.3, 0.4) is 0 Å². The van der Waals surface area contributed by atoms with Crippen LogP contribution in [0, 0.1) is 6.92 Å². The molecule has 5 rings (SSSR count). The van der Waals surface area contributed by atoms with Gasteiger partial charge in [-0.25, -0.2) is 4.98 Å². The van der Waals surface area contributed by atoms with Crippen molar-refractivity contribution in [3.63, 3.8) is 0 Å². The maximum Gasteiger partial charge on any atom is 0.264 e. The van der Waals surface area contributed by atoms with Crippen molar-refractivity contribution in [2.45, 2.75) is 6.92 Å². The lowest BCUT2D eigenvalue weighted by molar-refractivity contribution is -0.118. The second-order valence-electron chi connectivity index (χ2n) is 7.42. The van der Waals surface area contributed by atoms with Gasteiger partial charge in [0, 0.05) is 10.6 Å². The van der Waals surface area contributed by atoms with Crippen molar-refractivity contribution in [3.05, 3.63) is 87.5 Å². The zero-order valence-corrected chi connectivity index (χ0v) is 19.0. The van der Waals surface area contributed by atoms with Gasteiger partial charge in [-0.05, 0) is 37.3 Å². The van der Waals surface area contributed by atoms with Gasteiger partial charge < -0.3 is 9.15 Å². The zero-order valence-electron chi connectivity index (χ0n) is 17.4. The molecule has 6 nitrogen and oxygen atoms in total. The summed E-state index contributed by atoms with van der Waals surface area (Å²) in [6, 6.07) is 19.8. The highest BCUT2D eigenvalue weighted by atomic mass is 35.5. The summed E-state index contributed by atoms with van der Waals surface area (Å²) in [4.78, 5) is 30.1. The minimum Gasteiger partial charge on any atom is -0.476 e. The minimum absolute atomic E-state index is 0.0104. The number of nitrogens with one attached hydrogen (secondary N) is 1. The van der Waals surface area contributed by atoms with Crippen LogP contribution in [0.4, 0.5) is 5.13 Å². The number of para-hydroxylation sites is 1. The normalized spacial score (nSPS) is 11.1. The number of thiazole rings is 1. The maximum atomic E-state index is 13.2. The number of benzene rings is 3. The van der Waals surface area contributed by atoms with E-state index in [0.29, 0.717) is 26.7 Å². The Morgan fingerprint density at radius 1 is 1.12 bits per heavy atom. The first kappa shape index (κ1) is 21.2. The van der Waals surface area contributed by atoms with E-state index in [1.165, 1.54) is 11.3 Å². The largest absolute Gasteiger partial charge is 0.476 e. The van der Waals surface area contributed by atoms with Gasteiger partial charge in [-0.3, -0.25) is 14.9 Å². The van der Waals surface area contributed by atoms with Gasteiger partial charge in [0.1, 0.15) is 5.58 Å². The molecule has 0 saturated heterocycles. The Morgan fingerprint density at radius 2 is 1.91 bits per heavy atom. The van der Waals surface area contributed by atoms with E-state index in [-0.39, 0.29) is 23.5 Å². The van der Waals surface area contributed by atoms with Crippen molar-refractivity contribution in [3.8, 4) is 17.1 Å². The molecule has 5 aromatic rings. The molecule has 0 saturated carbocycles. The Kier molecular flexibility index (Phi) is 5.58. The fourth-order valence-electron chi connectivity index (χ4n) is 3.40. The molecule has 0 fully saturated rings. The lowest BCUT2D eigenvalue weighted by atomic mass is 10.1. The third kappa shape index (κ3) is 4.33. The number of anilines is 1. The molecule has 0 atom stereocenters. The van der Waals surface area contributed by atoms with Gasteiger partial charge in [-0.15, -0.1) is 0 Å². The van der Waals surface area contributed by atoms with Crippen LogP contribution < -0.4 is 15.5 Å². The molecule has 2 aromatic heterocycles. The van der Waals surface area contributed by atoms with Gasteiger partial charge in [0.15, 0.2) is 17.5 Å². The van der Waals surface area contributed by atoms with E-state index >= 15 is 0 Å². The highest BCUT2D eigenvalue weighted by Gasteiger charge is 2.19. The summed E-state index contributed by atoms with van der Waals surface area (Å²) in [5, 5.41) is 4.11. The number of rotatable bonds is 5. The molecule has 0 spiro atoms. The molecule has 0 aliphatic carbocycles. The molecule has 0 aliphatic rings. The Morgan fingerprint density at radius 3 is 2.73 bits per heavy atom. The predicted octanol–water partition coefficient (Wildman–Crippen LogP) is 6.05. The van der Waals surface area contributed by atoms with Gasteiger partial charge in [0.2, 0.25) is 11.2 Å². The quantitative estimate of drug-likeness (QED) is 0.334. The summed E-state index contributed by atoms with van der Waals surface area (Å²) in [5.41, 5.74) is 2.60. The molecule has 33 heavy (non-hydrogen) atoms.